The molecule has 1 N–H and O–H groups in total. The van der Waals surface area contributed by atoms with Crippen LogP contribution in [0, 0.1) is 0 Å². The van der Waals surface area contributed by atoms with E-state index >= 15 is 0 Å². The predicted octanol–water partition coefficient (Wildman–Crippen LogP) is 2.73. The molecule has 0 aromatic rings. The Morgan fingerprint density at radius 2 is 1.50 bits per heavy atom. The molecule has 0 saturated heterocycles. The van der Waals surface area contributed by atoms with E-state index in [4.69, 9.17) is 5.11 Å². The van der Waals surface area contributed by atoms with Crippen molar-refractivity contribution >= 4 is 18.6 Å². The normalized spacial score (nSPS) is 10.1. The van der Waals surface area contributed by atoms with Gasteiger partial charge in [-0.05, 0) is 18.6 Å². The second kappa shape index (κ2) is 8.91. The molecule has 0 aliphatic heterocycles. The summed E-state index contributed by atoms with van der Waals surface area (Å²) in [6.07, 6.45) is 7.02. The van der Waals surface area contributed by atoms with Crippen LogP contribution in [0.15, 0.2) is 0 Å². The van der Waals surface area contributed by atoms with E-state index in [0.717, 1.165) is 18.6 Å². The van der Waals surface area contributed by atoms with Crippen LogP contribution in [0.3, 0.4) is 0 Å². The van der Waals surface area contributed by atoms with Gasteiger partial charge in [-0.3, -0.25) is 4.79 Å². The van der Waals surface area contributed by atoms with Crippen LogP contribution in [0.4, 0.5) is 0 Å². The van der Waals surface area contributed by atoms with E-state index in [1.165, 1.54) is 25.7 Å². The molecule has 0 amide bonds. The molecule has 72 valence electrons. The smallest absolute Gasteiger partial charge is 0.303 e. The Morgan fingerprint density at radius 1 is 1.00 bits per heavy atom. The van der Waals surface area contributed by atoms with Crippen molar-refractivity contribution in [2.24, 2.45) is 0 Å². The van der Waals surface area contributed by atoms with E-state index in [9.17, 15) is 4.79 Å². The van der Waals surface area contributed by atoms with Crippen LogP contribution in [-0.4, -0.2) is 16.8 Å². The van der Waals surface area contributed by atoms with Gasteiger partial charge in [0.2, 0.25) is 0 Å². The fourth-order valence-electron chi connectivity index (χ4n) is 1.10. The first kappa shape index (κ1) is 11.8. The molecule has 0 fully saturated rings. The molecule has 0 aromatic heterocycles. The van der Waals surface area contributed by atoms with Gasteiger partial charge in [-0.2, -0.15) is 12.6 Å². The number of carboxylic acids is 1. The number of aliphatic carboxylic acids is 1. The van der Waals surface area contributed by atoms with E-state index < -0.39 is 5.97 Å². The van der Waals surface area contributed by atoms with E-state index in [0.29, 0.717) is 6.42 Å². The van der Waals surface area contributed by atoms with Crippen LogP contribution in [0.5, 0.6) is 0 Å². The zero-order chi connectivity index (χ0) is 9.23. The lowest BCUT2D eigenvalue weighted by Crippen LogP contribution is -1.93. The predicted molar refractivity (Wildman–Crippen MR) is 53.8 cm³/mol. The zero-order valence-electron chi connectivity index (χ0n) is 7.46. The molecule has 2 nitrogen and oxygen atoms in total. The summed E-state index contributed by atoms with van der Waals surface area (Å²) in [5.74, 6) is 0.292. The Balaban J connectivity index is 2.86. The average molecular weight is 190 g/mol. The Morgan fingerprint density at radius 3 is 2.00 bits per heavy atom. The molecule has 0 heterocycles. The maximum absolute atomic E-state index is 10.1. The van der Waals surface area contributed by atoms with Gasteiger partial charge in [0.15, 0.2) is 0 Å². The lowest BCUT2D eigenvalue weighted by molar-refractivity contribution is -0.137. The number of hydrogen-bond acceptors (Lipinski definition) is 2. The topological polar surface area (TPSA) is 37.3 Å². The molecular formula is C9H18O2S. The van der Waals surface area contributed by atoms with E-state index in [-0.39, 0.29) is 0 Å². The third kappa shape index (κ3) is 9.82. The average Bonchev–Trinajstić information content (AvgIpc) is 2.02. The summed E-state index contributed by atoms with van der Waals surface area (Å²) < 4.78 is 0. The second-order valence-corrected chi connectivity index (χ2v) is 3.44. The van der Waals surface area contributed by atoms with Crippen LogP contribution in [0.25, 0.3) is 0 Å². The molecule has 0 bridgehead atoms. The monoisotopic (exact) mass is 190 g/mol. The van der Waals surface area contributed by atoms with Crippen molar-refractivity contribution in [3.8, 4) is 0 Å². The number of thiol groups is 1. The lowest BCUT2D eigenvalue weighted by atomic mass is 10.1. The van der Waals surface area contributed by atoms with Gasteiger partial charge in [-0.1, -0.05) is 25.7 Å². The zero-order valence-corrected chi connectivity index (χ0v) is 8.35. The van der Waals surface area contributed by atoms with Crippen molar-refractivity contribution in [3.05, 3.63) is 0 Å². The summed E-state index contributed by atoms with van der Waals surface area (Å²) in [5, 5.41) is 8.34. The maximum atomic E-state index is 10.1. The van der Waals surface area contributed by atoms with Crippen LogP contribution < -0.4 is 0 Å². The van der Waals surface area contributed by atoms with E-state index in [1.807, 2.05) is 0 Å². The van der Waals surface area contributed by atoms with Crippen molar-refractivity contribution in [1.82, 2.24) is 0 Å². The van der Waals surface area contributed by atoms with Gasteiger partial charge in [-0.15, -0.1) is 0 Å². The highest BCUT2D eigenvalue weighted by atomic mass is 32.1. The van der Waals surface area contributed by atoms with Gasteiger partial charge in [0.1, 0.15) is 0 Å². The molecular weight excluding hydrogens is 172 g/mol. The molecule has 0 aliphatic carbocycles. The minimum absolute atomic E-state index is 0.326. The van der Waals surface area contributed by atoms with Gasteiger partial charge in [0.25, 0.3) is 0 Å². The summed E-state index contributed by atoms with van der Waals surface area (Å²) in [5.41, 5.74) is 0. The van der Waals surface area contributed by atoms with Gasteiger partial charge in [0.05, 0.1) is 0 Å². The molecule has 0 atom stereocenters. The molecule has 0 radical (unpaired) electrons. The molecule has 0 spiro atoms. The number of hydrogen-bond donors (Lipinski definition) is 2. The number of carboxylic acid groups (broad SMARTS) is 1. The summed E-state index contributed by atoms with van der Waals surface area (Å²) in [6.45, 7) is 0. The SMILES string of the molecule is O=C(O)CCCCCCCCS. The highest BCUT2D eigenvalue weighted by molar-refractivity contribution is 7.80. The first-order chi connectivity index (χ1) is 5.77. The first-order valence-electron chi connectivity index (χ1n) is 4.60. The minimum atomic E-state index is -0.676. The fraction of sp³-hybridized carbons (Fsp3) is 0.889. The highest BCUT2D eigenvalue weighted by Crippen LogP contribution is 2.07. The third-order valence-electron chi connectivity index (χ3n) is 1.80. The third-order valence-corrected chi connectivity index (χ3v) is 2.11. The standard InChI is InChI=1S/C9H18O2S/c10-9(11)7-5-3-1-2-4-6-8-12/h12H,1-8H2,(H,10,11). The molecule has 3 heteroatoms. The molecule has 0 unspecified atom stereocenters. The lowest BCUT2D eigenvalue weighted by Gasteiger charge is -1.98. The summed E-state index contributed by atoms with van der Waals surface area (Å²) >= 11 is 4.11. The van der Waals surface area contributed by atoms with Crippen LogP contribution in [0.1, 0.15) is 44.9 Å². The Labute approximate surface area is 79.8 Å². The number of carbonyl (C=O) groups is 1. The molecule has 0 aromatic carbocycles. The molecule has 0 saturated carbocycles. The molecule has 12 heavy (non-hydrogen) atoms. The largest absolute Gasteiger partial charge is 0.481 e. The van der Waals surface area contributed by atoms with Crippen molar-refractivity contribution in [2.45, 2.75) is 44.9 Å². The Bertz CT molecular complexity index is 115. The van der Waals surface area contributed by atoms with Crippen LogP contribution >= 0.6 is 12.6 Å². The van der Waals surface area contributed by atoms with E-state index in [1.54, 1.807) is 0 Å². The Hall–Kier alpha value is -0.180. The van der Waals surface area contributed by atoms with Gasteiger partial charge in [-0.25, -0.2) is 0 Å². The van der Waals surface area contributed by atoms with Crippen molar-refractivity contribution in [2.75, 3.05) is 5.75 Å². The summed E-state index contributed by atoms with van der Waals surface area (Å²) in [4.78, 5) is 10.1. The first-order valence-corrected chi connectivity index (χ1v) is 5.23. The summed E-state index contributed by atoms with van der Waals surface area (Å²) in [6, 6.07) is 0. The Kier molecular flexibility index (Phi) is 8.78. The van der Waals surface area contributed by atoms with Crippen molar-refractivity contribution in [1.29, 1.82) is 0 Å². The minimum Gasteiger partial charge on any atom is -0.481 e. The number of rotatable bonds is 8. The molecule has 0 rings (SSSR count). The van der Waals surface area contributed by atoms with Crippen LogP contribution in [-0.2, 0) is 4.79 Å². The molecule has 0 aliphatic rings. The quantitative estimate of drug-likeness (QED) is 0.456. The van der Waals surface area contributed by atoms with Crippen LogP contribution in [0.2, 0.25) is 0 Å². The van der Waals surface area contributed by atoms with Gasteiger partial charge in [0, 0.05) is 6.42 Å². The number of unbranched alkanes of at least 4 members (excludes halogenated alkanes) is 5. The highest BCUT2D eigenvalue weighted by Gasteiger charge is 1.95. The van der Waals surface area contributed by atoms with Crippen molar-refractivity contribution < 1.29 is 9.90 Å². The van der Waals surface area contributed by atoms with Gasteiger partial charge >= 0.3 is 5.97 Å². The van der Waals surface area contributed by atoms with Crippen molar-refractivity contribution in [3.63, 3.8) is 0 Å². The van der Waals surface area contributed by atoms with Gasteiger partial charge < -0.3 is 5.11 Å². The fourth-order valence-corrected chi connectivity index (χ4v) is 1.32. The second-order valence-electron chi connectivity index (χ2n) is 2.99. The maximum Gasteiger partial charge on any atom is 0.303 e. The van der Waals surface area contributed by atoms with E-state index in [2.05, 4.69) is 12.6 Å². The summed E-state index contributed by atoms with van der Waals surface area (Å²) in [7, 11) is 0.